The molecule has 0 saturated heterocycles. The van der Waals surface area contributed by atoms with Crippen molar-refractivity contribution in [2.24, 2.45) is 0 Å². The SMILES string of the molecule is C=C/C(=C\C=C/C)c1cccc(-c2nc(-c3cccc4c3sc3ccccc34)nc(-c3cccc4c3sc3ccccc34)n2)c1. The Morgan fingerprint density at radius 3 is 1.71 bits per heavy atom. The standard InChI is InChI=1S/C40H27N3S2/c1-3-5-13-25(4-2)26-14-10-15-27(24-26)38-41-39(32-20-11-18-30-28-16-6-8-22-34(28)44-36(30)32)43-40(42-38)33-21-12-19-31-29-17-7-9-23-35(29)45-37(31)33/h3-24H,2H2,1H3/b5-3-,25-13+. The Labute approximate surface area is 269 Å². The van der Waals surface area contributed by atoms with E-state index in [1.807, 2.05) is 25.2 Å². The van der Waals surface area contributed by atoms with Crippen LogP contribution in [0.25, 0.3) is 80.1 Å². The van der Waals surface area contributed by atoms with E-state index >= 15 is 0 Å². The molecule has 5 heteroatoms. The van der Waals surface area contributed by atoms with Gasteiger partial charge in [-0.05, 0) is 48.4 Å². The van der Waals surface area contributed by atoms with Gasteiger partial charge in [0.1, 0.15) is 0 Å². The molecule has 5 aromatic carbocycles. The number of rotatable bonds is 6. The summed E-state index contributed by atoms with van der Waals surface area (Å²) in [5.74, 6) is 1.98. The lowest BCUT2D eigenvalue weighted by Gasteiger charge is -2.11. The predicted octanol–water partition coefficient (Wildman–Crippen LogP) is 11.8. The summed E-state index contributed by atoms with van der Waals surface area (Å²) >= 11 is 3.57. The van der Waals surface area contributed by atoms with E-state index in [0.717, 1.165) is 27.8 Å². The zero-order valence-corrected chi connectivity index (χ0v) is 26.2. The van der Waals surface area contributed by atoms with Crippen molar-refractivity contribution in [3.05, 3.63) is 146 Å². The molecule has 0 radical (unpaired) electrons. The number of hydrogen-bond acceptors (Lipinski definition) is 5. The van der Waals surface area contributed by atoms with Gasteiger partial charge in [-0.15, -0.1) is 22.7 Å². The highest BCUT2D eigenvalue weighted by atomic mass is 32.1. The van der Waals surface area contributed by atoms with Crippen molar-refractivity contribution in [2.45, 2.75) is 6.92 Å². The molecule has 0 N–H and O–H groups in total. The van der Waals surface area contributed by atoms with Gasteiger partial charge in [-0.3, -0.25) is 0 Å². The fourth-order valence-electron chi connectivity index (χ4n) is 5.91. The third-order valence-corrected chi connectivity index (χ3v) is 10.5. The van der Waals surface area contributed by atoms with Crippen LogP contribution in [0, 0.1) is 0 Å². The highest BCUT2D eigenvalue weighted by Crippen LogP contribution is 2.42. The Bertz CT molecular complexity index is 2350. The second kappa shape index (κ2) is 11.4. The van der Waals surface area contributed by atoms with Crippen LogP contribution in [0.3, 0.4) is 0 Å². The van der Waals surface area contributed by atoms with E-state index in [4.69, 9.17) is 15.0 Å². The Morgan fingerprint density at radius 1 is 0.600 bits per heavy atom. The smallest absolute Gasteiger partial charge is 0.165 e. The third-order valence-electron chi connectivity index (χ3n) is 8.07. The molecule has 3 heterocycles. The van der Waals surface area contributed by atoms with E-state index in [9.17, 15) is 0 Å². The fourth-order valence-corrected chi connectivity index (χ4v) is 8.34. The summed E-state index contributed by atoms with van der Waals surface area (Å²) in [6, 6.07) is 38.3. The summed E-state index contributed by atoms with van der Waals surface area (Å²) in [5, 5.41) is 4.94. The predicted molar refractivity (Wildman–Crippen MR) is 195 cm³/mol. The summed E-state index contributed by atoms with van der Waals surface area (Å²) in [5.41, 5.74) is 5.05. The molecule has 0 unspecified atom stereocenters. The number of nitrogens with zero attached hydrogens (tertiary/aromatic N) is 3. The maximum absolute atomic E-state index is 5.21. The molecule has 0 amide bonds. The minimum Gasteiger partial charge on any atom is -0.208 e. The topological polar surface area (TPSA) is 38.7 Å². The minimum atomic E-state index is 0.641. The first-order valence-corrected chi connectivity index (χ1v) is 16.5. The van der Waals surface area contributed by atoms with E-state index in [1.54, 1.807) is 22.7 Å². The van der Waals surface area contributed by atoms with Crippen LogP contribution in [0.1, 0.15) is 12.5 Å². The molecule has 3 aromatic heterocycles. The van der Waals surface area contributed by atoms with Gasteiger partial charge in [-0.2, -0.15) is 0 Å². The molecule has 0 spiro atoms. The Balaban J connectivity index is 1.39. The van der Waals surface area contributed by atoms with E-state index in [-0.39, 0.29) is 0 Å². The van der Waals surface area contributed by atoms with Gasteiger partial charge in [0.25, 0.3) is 0 Å². The first-order valence-electron chi connectivity index (χ1n) is 14.9. The van der Waals surface area contributed by atoms with Crippen LogP contribution in [-0.4, -0.2) is 15.0 Å². The molecular formula is C40H27N3S2. The molecular weight excluding hydrogens is 587 g/mol. The van der Waals surface area contributed by atoms with Crippen molar-refractivity contribution >= 4 is 68.6 Å². The number of benzene rings is 5. The Morgan fingerprint density at radius 2 is 1.13 bits per heavy atom. The Hall–Kier alpha value is -5.23. The molecule has 0 aliphatic carbocycles. The van der Waals surface area contributed by atoms with Gasteiger partial charge >= 0.3 is 0 Å². The number of fused-ring (bicyclic) bond motifs is 6. The van der Waals surface area contributed by atoms with Crippen LogP contribution < -0.4 is 0 Å². The van der Waals surface area contributed by atoms with Crippen molar-refractivity contribution in [1.82, 2.24) is 15.0 Å². The summed E-state index contributed by atoms with van der Waals surface area (Å²) in [6.45, 7) is 6.06. The van der Waals surface area contributed by atoms with Gasteiger partial charge < -0.3 is 0 Å². The van der Waals surface area contributed by atoms with Crippen molar-refractivity contribution in [3.63, 3.8) is 0 Å². The van der Waals surface area contributed by atoms with Gasteiger partial charge in [0.2, 0.25) is 0 Å². The summed E-state index contributed by atoms with van der Waals surface area (Å²) in [4.78, 5) is 15.5. The van der Waals surface area contributed by atoms with Crippen LogP contribution in [0.5, 0.6) is 0 Å². The van der Waals surface area contributed by atoms with Gasteiger partial charge in [0.05, 0.1) is 0 Å². The van der Waals surface area contributed by atoms with Gasteiger partial charge in [0, 0.05) is 57.0 Å². The molecule has 0 bridgehead atoms. The van der Waals surface area contributed by atoms with E-state index < -0.39 is 0 Å². The van der Waals surface area contributed by atoms with Crippen LogP contribution in [0.15, 0.2) is 140 Å². The molecule has 0 fully saturated rings. The maximum atomic E-state index is 5.21. The average Bonchev–Trinajstić information content (AvgIpc) is 3.67. The van der Waals surface area contributed by atoms with Crippen molar-refractivity contribution in [2.75, 3.05) is 0 Å². The summed E-state index contributed by atoms with van der Waals surface area (Å²) < 4.78 is 4.86. The second-order valence-corrected chi connectivity index (χ2v) is 12.9. The molecule has 0 atom stereocenters. The van der Waals surface area contributed by atoms with Gasteiger partial charge in [0.15, 0.2) is 17.5 Å². The third kappa shape index (κ3) is 4.78. The monoisotopic (exact) mass is 613 g/mol. The lowest BCUT2D eigenvalue weighted by atomic mass is 10.0. The zero-order valence-electron chi connectivity index (χ0n) is 24.6. The van der Waals surface area contributed by atoms with Gasteiger partial charge in [-0.25, -0.2) is 15.0 Å². The molecule has 214 valence electrons. The molecule has 8 rings (SSSR count). The normalized spacial score (nSPS) is 12.2. The first-order chi connectivity index (χ1) is 22.2. The number of allylic oxidation sites excluding steroid dienone is 5. The minimum absolute atomic E-state index is 0.641. The van der Waals surface area contributed by atoms with Crippen molar-refractivity contribution in [3.8, 4) is 34.2 Å². The largest absolute Gasteiger partial charge is 0.208 e. The van der Waals surface area contributed by atoms with E-state index in [0.29, 0.717) is 17.5 Å². The van der Waals surface area contributed by atoms with Crippen LogP contribution in [0.2, 0.25) is 0 Å². The fraction of sp³-hybridized carbons (Fsp3) is 0.0250. The van der Waals surface area contributed by atoms with Crippen LogP contribution >= 0.6 is 22.7 Å². The Kier molecular flexibility index (Phi) is 6.90. The van der Waals surface area contributed by atoms with Crippen molar-refractivity contribution in [1.29, 1.82) is 0 Å². The molecule has 3 nitrogen and oxygen atoms in total. The highest BCUT2D eigenvalue weighted by Gasteiger charge is 2.19. The zero-order chi connectivity index (χ0) is 30.3. The molecule has 0 saturated carbocycles. The van der Waals surface area contributed by atoms with E-state index in [2.05, 4.69) is 122 Å². The first kappa shape index (κ1) is 27.3. The quantitative estimate of drug-likeness (QED) is 0.175. The number of hydrogen-bond donors (Lipinski definition) is 0. The lowest BCUT2D eigenvalue weighted by Crippen LogP contribution is -2.00. The van der Waals surface area contributed by atoms with E-state index in [1.165, 1.54) is 40.3 Å². The number of thiophene rings is 2. The molecule has 0 aliphatic heterocycles. The maximum Gasteiger partial charge on any atom is 0.165 e. The molecule has 0 aliphatic rings. The average molecular weight is 614 g/mol. The van der Waals surface area contributed by atoms with Gasteiger partial charge in [-0.1, -0.05) is 110 Å². The van der Waals surface area contributed by atoms with Crippen molar-refractivity contribution < 1.29 is 0 Å². The second-order valence-electron chi connectivity index (χ2n) is 10.8. The highest BCUT2D eigenvalue weighted by molar-refractivity contribution is 7.26. The van der Waals surface area contributed by atoms with Crippen LogP contribution in [0.4, 0.5) is 0 Å². The number of aromatic nitrogens is 3. The summed E-state index contributed by atoms with van der Waals surface area (Å²) in [6.07, 6.45) is 8.00. The molecule has 8 aromatic rings. The summed E-state index contributed by atoms with van der Waals surface area (Å²) in [7, 11) is 0. The van der Waals surface area contributed by atoms with Crippen LogP contribution in [-0.2, 0) is 0 Å². The lowest BCUT2D eigenvalue weighted by molar-refractivity contribution is 1.08. The molecule has 45 heavy (non-hydrogen) atoms.